The minimum Gasteiger partial charge on any atom is -0.490 e. The first-order chi connectivity index (χ1) is 15.1. The van der Waals surface area contributed by atoms with E-state index in [1.165, 1.54) is 6.07 Å². The Morgan fingerprint density at radius 2 is 1.61 bits per heavy atom. The van der Waals surface area contributed by atoms with E-state index in [-0.39, 0.29) is 0 Å². The van der Waals surface area contributed by atoms with Crippen LogP contribution in [0.25, 0.3) is 0 Å². The standard InChI is InChI=1S/C23H29FN2O5/c1-4-29-20-13-16(14-21(30-5-2)22(20)31-6-3)23(27)25-17-7-8-19(18(24)15-17)26-9-11-28-12-10-26/h7-8,13-15H,4-6,9-12H2,1-3H3,(H,25,27). The zero-order valence-electron chi connectivity index (χ0n) is 18.2. The number of amides is 1. The van der Waals surface area contributed by atoms with Crippen LogP contribution in [0.5, 0.6) is 17.2 Å². The Hall–Kier alpha value is -3.00. The Kier molecular flexibility index (Phi) is 7.94. The van der Waals surface area contributed by atoms with Gasteiger partial charge in [-0.2, -0.15) is 0 Å². The van der Waals surface area contributed by atoms with Crippen molar-refractivity contribution < 1.29 is 28.1 Å². The van der Waals surface area contributed by atoms with Gasteiger partial charge >= 0.3 is 0 Å². The highest BCUT2D eigenvalue weighted by Crippen LogP contribution is 2.39. The summed E-state index contributed by atoms with van der Waals surface area (Å²) in [6.45, 7) is 9.21. The Morgan fingerprint density at radius 3 is 2.16 bits per heavy atom. The number of rotatable bonds is 9. The fourth-order valence-corrected chi connectivity index (χ4v) is 3.37. The molecule has 0 spiro atoms. The number of hydrogen-bond donors (Lipinski definition) is 1. The van der Waals surface area contributed by atoms with Crippen LogP contribution in [0, 0.1) is 5.82 Å². The zero-order chi connectivity index (χ0) is 22.2. The molecular weight excluding hydrogens is 403 g/mol. The summed E-state index contributed by atoms with van der Waals surface area (Å²) in [5, 5.41) is 2.75. The van der Waals surface area contributed by atoms with E-state index in [0.29, 0.717) is 80.3 Å². The number of carbonyl (C=O) groups is 1. The molecule has 168 valence electrons. The topological polar surface area (TPSA) is 69.3 Å². The molecular formula is C23H29FN2O5. The van der Waals surface area contributed by atoms with Crippen LogP contribution in [0.1, 0.15) is 31.1 Å². The van der Waals surface area contributed by atoms with Crippen molar-refractivity contribution in [2.45, 2.75) is 20.8 Å². The molecule has 1 amide bonds. The minimum absolute atomic E-state index is 0.327. The second-order valence-corrected chi connectivity index (χ2v) is 6.82. The van der Waals surface area contributed by atoms with E-state index in [0.717, 1.165) is 0 Å². The predicted molar refractivity (Wildman–Crippen MR) is 117 cm³/mol. The first-order valence-corrected chi connectivity index (χ1v) is 10.6. The maximum atomic E-state index is 14.7. The number of ether oxygens (including phenoxy) is 4. The lowest BCUT2D eigenvalue weighted by Crippen LogP contribution is -2.36. The Morgan fingerprint density at radius 1 is 1.00 bits per heavy atom. The van der Waals surface area contributed by atoms with Crippen LogP contribution in [0.3, 0.4) is 0 Å². The van der Waals surface area contributed by atoms with Crippen molar-refractivity contribution in [2.24, 2.45) is 0 Å². The number of nitrogens with one attached hydrogen (secondary N) is 1. The number of benzene rings is 2. The van der Waals surface area contributed by atoms with Crippen molar-refractivity contribution in [1.82, 2.24) is 0 Å². The molecule has 7 nitrogen and oxygen atoms in total. The third-order valence-electron chi connectivity index (χ3n) is 4.73. The van der Waals surface area contributed by atoms with Gasteiger partial charge in [-0.1, -0.05) is 0 Å². The lowest BCUT2D eigenvalue weighted by atomic mass is 10.1. The lowest BCUT2D eigenvalue weighted by molar-refractivity contribution is 0.102. The minimum atomic E-state index is -0.400. The molecule has 1 heterocycles. The molecule has 0 atom stereocenters. The van der Waals surface area contributed by atoms with E-state index in [2.05, 4.69) is 5.32 Å². The van der Waals surface area contributed by atoms with Gasteiger partial charge in [0.2, 0.25) is 5.75 Å². The molecule has 0 radical (unpaired) electrons. The SMILES string of the molecule is CCOc1cc(C(=O)Nc2ccc(N3CCOCC3)c(F)c2)cc(OCC)c1OCC. The summed E-state index contributed by atoms with van der Waals surface area (Å²) in [4.78, 5) is 14.8. The summed E-state index contributed by atoms with van der Waals surface area (Å²) in [5.74, 6) is 0.520. The molecule has 0 aliphatic carbocycles. The zero-order valence-corrected chi connectivity index (χ0v) is 18.2. The fourth-order valence-electron chi connectivity index (χ4n) is 3.37. The Labute approximate surface area is 182 Å². The van der Waals surface area contributed by atoms with Crippen LogP contribution in [0.2, 0.25) is 0 Å². The van der Waals surface area contributed by atoms with Crippen molar-refractivity contribution in [2.75, 3.05) is 56.3 Å². The quantitative estimate of drug-likeness (QED) is 0.643. The van der Waals surface area contributed by atoms with Crippen molar-refractivity contribution in [1.29, 1.82) is 0 Å². The number of anilines is 2. The van der Waals surface area contributed by atoms with Crippen LogP contribution in [0.4, 0.5) is 15.8 Å². The van der Waals surface area contributed by atoms with Crippen LogP contribution in [0.15, 0.2) is 30.3 Å². The van der Waals surface area contributed by atoms with Gasteiger partial charge in [0.15, 0.2) is 11.5 Å². The van der Waals surface area contributed by atoms with Gasteiger partial charge in [-0.15, -0.1) is 0 Å². The van der Waals surface area contributed by atoms with Crippen LogP contribution in [-0.4, -0.2) is 52.0 Å². The molecule has 0 aromatic heterocycles. The lowest BCUT2D eigenvalue weighted by Gasteiger charge is -2.29. The molecule has 1 aliphatic rings. The largest absolute Gasteiger partial charge is 0.490 e. The van der Waals surface area contributed by atoms with Gasteiger partial charge in [0.1, 0.15) is 5.82 Å². The monoisotopic (exact) mass is 432 g/mol. The Bertz CT molecular complexity index is 873. The van der Waals surface area contributed by atoms with Gasteiger partial charge in [0.05, 0.1) is 38.7 Å². The fraction of sp³-hybridized carbons (Fsp3) is 0.435. The van der Waals surface area contributed by atoms with Crippen molar-refractivity contribution >= 4 is 17.3 Å². The van der Waals surface area contributed by atoms with Crippen LogP contribution >= 0.6 is 0 Å². The molecule has 1 saturated heterocycles. The van der Waals surface area contributed by atoms with Gasteiger partial charge in [0.25, 0.3) is 5.91 Å². The number of halogens is 1. The molecule has 0 bridgehead atoms. The molecule has 1 aliphatic heterocycles. The summed E-state index contributed by atoms with van der Waals surface area (Å²) >= 11 is 0. The van der Waals surface area contributed by atoms with Gasteiger partial charge in [0, 0.05) is 24.3 Å². The molecule has 2 aromatic rings. The smallest absolute Gasteiger partial charge is 0.255 e. The summed E-state index contributed by atoms with van der Waals surface area (Å²) in [5.41, 5.74) is 1.19. The van der Waals surface area contributed by atoms with Gasteiger partial charge in [-0.05, 0) is 51.1 Å². The third-order valence-corrected chi connectivity index (χ3v) is 4.73. The van der Waals surface area contributed by atoms with E-state index in [1.807, 2.05) is 25.7 Å². The van der Waals surface area contributed by atoms with E-state index < -0.39 is 11.7 Å². The first-order valence-electron chi connectivity index (χ1n) is 10.6. The average molecular weight is 432 g/mol. The van der Waals surface area contributed by atoms with Gasteiger partial charge in [-0.25, -0.2) is 4.39 Å². The van der Waals surface area contributed by atoms with Crippen molar-refractivity contribution in [3.8, 4) is 17.2 Å². The summed E-state index contributed by atoms with van der Waals surface area (Å²) in [6.07, 6.45) is 0. The molecule has 8 heteroatoms. The highest BCUT2D eigenvalue weighted by atomic mass is 19.1. The molecule has 1 fully saturated rings. The van der Waals surface area contributed by atoms with Crippen LogP contribution < -0.4 is 24.4 Å². The average Bonchev–Trinajstić information content (AvgIpc) is 2.77. The van der Waals surface area contributed by atoms with E-state index in [1.54, 1.807) is 24.3 Å². The molecule has 0 saturated carbocycles. The number of morpholine rings is 1. The molecule has 0 unspecified atom stereocenters. The van der Waals surface area contributed by atoms with Gasteiger partial charge in [-0.3, -0.25) is 4.79 Å². The van der Waals surface area contributed by atoms with Crippen molar-refractivity contribution in [3.05, 3.63) is 41.7 Å². The molecule has 3 rings (SSSR count). The summed E-state index contributed by atoms with van der Waals surface area (Å²) in [6, 6.07) is 7.89. The normalized spacial score (nSPS) is 13.6. The predicted octanol–water partition coefficient (Wildman–Crippen LogP) is 4.11. The van der Waals surface area contributed by atoms with E-state index in [4.69, 9.17) is 18.9 Å². The summed E-state index contributed by atoms with van der Waals surface area (Å²) < 4.78 is 37.0. The molecule has 31 heavy (non-hydrogen) atoms. The first kappa shape index (κ1) is 22.7. The Balaban J connectivity index is 1.82. The maximum absolute atomic E-state index is 14.7. The van der Waals surface area contributed by atoms with E-state index in [9.17, 15) is 9.18 Å². The van der Waals surface area contributed by atoms with Crippen molar-refractivity contribution in [3.63, 3.8) is 0 Å². The summed E-state index contributed by atoms with van der Waals surface area (Å²) in [7, 11) is 0. The molecule has 2 aromatic carbocycles. The number of nitrogens with zero attached hydrogens (tertiary/aromatic N) is 1. The van der Waals surface area contributed by atoms with E-state index >= 15 is 0 Å². The van der Waals surface area contributed by atoms with Crippen LogP contribution in [-0.2, 0) is 4.74 Å². The maximum Gasteiger partial charge on any atom is 0.255 e. The molecule has 1 N–H and O–H groups in total. The third kappa shape index (κ3) is 5.58. The second kappa shape index (κ2) is 10.9. The van der Waals surface area contributed by atoms with Gasteiger partial charge < -0.3 is 29.2 Å². The highest BCUT2D eigenvalue weighted by Gasteiger charge is 2.20. The highest BCUT2D eigenvalue weighted by molar-refractivity contribution is 6.05. The second-order valence-electron chi connectivity index (χ2n) is 6.82. The number of hydrogen-bond acceptors (Lipinski definition) is 6. The number of carbonyl (C=O) groups excluding carboxylic acids is 1.